The third-order valence-corrected chi connectivity index (χ3v) is 3.17. The van der Waals surface area contributed by atoms with E-state index in [1.165, 1.54) is 12.1 Å². The molecule has 2 aromatic carbocycles. The molecule has 2 aromatic rings. The first-order valence-corrected chi connectivity index (χ1v) is 6.22. The van der Waals surface area contributed by atoms with Gasteiger partial charge in [-0.3, -0.25) is 10.1 Å². The molecule has 0 amide bonds. The molecule has 0 saturated heterocycles. The summed E-state index contributed by atoms with van der Waals surface area (Å²) in [5.74, 6) is -0.478. The van der Waals surface area contributed by atoms with Gasteiger partial charge in [0, 0.05) is 18.3 Å². The zero-order chi connectivity index (χ0) is 14.7. The van der Waals surface area contributed by atoms with E-state index in [2.05, 4.69) is 5.32 Å². The molecule has 0 unspecified atom stereocenters. The standard InChI is InChI=1S/C15H15FN2O2/c1-10-4-3-5-11(2)15(10)17-9-12-8-13(16)6-7-14(12)18(19)20/h3-8,17H,9H2,1-2H3. The number of nitrogens with one attached hydrogen (secondary N) is 1. The fourth-order valence-corrected chi connectivity index (χ4v) is 2.15. The van der Waals surface area contributed by atoms with Crippen LogP contribution in [0, 0.1) is 29.8 Å². The van der Waals surface area contributed by atoms with E-state index in [9.17, 15) is 14.5 Å². The van der Waals surface area contributed by atoms with E-state index >= 15 is 0 Å². The topological polar surface area (TPSA) is 55.2 Å². The molecule has 104 valence electrons. The Balaban J connectivity index is 2.27. The highest BCUT2D eigenvalue weighted by Gasteiger charge is 2.14. The molecule has 0 saturated carbocycles. The molecule has 0 fully saturated rings. The maximum atomic E-state index is 13.2. The summed E-state index contributed by atoms with van der Waals surface area (Å²) in [4.78, 5) is 10.4. The van der Waals surface area contributed by atoms with Crippen LogP contribution < -0.4 is 5.32 Å². The van der Waals surface area contributed by atoms with Gasteiger partial charge in [0.25, 0.3) is 5.69 Å². The predicted molar refractivity (Wildman–Crippen MR) is 76.3 cm³/mol. The van der Waals surface area contributed by atoms with Gasteiger partial charge in [-0.1, -0.05) is 18.2 Å². The molecule has 0 radical (unpaired) electrons. The molecule has 0 aromatic heterocycles. The van der Waals surface area contributed by atoms with Crippen molar-refractivity contribution in [3.63, 3.8) is 0 Å². The van der Waals surface area contributed by atoms with Crippen LogP contribution in [0.3, 0.4) is 0 Å². The number of hydrogen-bond donors (Lipinski definition) is 1. The van der Waals surface area contributed by atoms with Crippen LogP contribution in [0.25, 0.3) is 0 Å². The fourth-order valence-electron chi connectivity index (χ4n) is 2.15. The summed E-state index contributed by atoms with van der Waals surface area (Å²) in [6.07, 6.45) is 0. The molecule has 0 atom stereocenters. The fraction of sp³-hybridized carbons (Fsp3) is 0.200. The molecule has 0 aliphatic carbocycles. The zero-order valence-electron chi connectivity index (χ0n) is 11.3. The molecule has 5 heteroatoms. The maximum Gasteiger partial charge on any atom is 0.274 e. The van der Waals surface area contributed by atoms with Crippen LogP contribution in [-0.4, -0.2) is 4.92 Å². The van der Waals surface area contributed by atoms with Crippen molar-refractivity contribution in [2.75, 3.05) is 5.32 Å². The van der Waals surface area contributed by atoms with Gasteiger partial charge in [-0.2, -0.15) is 0 Å². The molecular weight excluding hydrogens is 259 g/mol. The van der Waals surface area contributed by atoms with Gasteiger partial charge in [-0.15, -0.1) is 0 Å². The number of aryl methyl sites for hydroxylation is 2. The lowest BCUT2D eigenvalue weighted by atomic mass is 10.1. The van der Waals surface area contributed by atoms with Crippen molar-refractivity contribution >= 4 is 11.4 Å². The van der Waals surface area contributed by atoms with Crippen molar-refractivity contribution in [1.82, 2.24) is 0 Å². The highest BCUT2D eigenvalue weighted by atomic mass is 19.1. The molecular formula is C15H15FN2O2. The van der Waals surface area contributed by atoms with Crippen LogP contribution >= 0.6 is 0 Å². The molecule has 0 bridgehead atoms. The van der Waals surface area contributed by atoms with Gasteiger partial charge in [-0.25, -0.2) is 4.39 Å². The van der Waals surface area contributed by atoms with Crippen LogP contribution in [0.1, 0.15) is 16.7 Å². The lowest BCUT2D eigenvalue weighted by molar-refractivity contribution is -0.385. The predicted octanol–water partition coefficient (Wildman–Crippen LogP) is 3.96. The second-order valence-corrected chi connectivity index (χ2v) is 4.65. The SMILES string of the molecule is Cc1cccc(C)c1NCc1cc(F)ccc1[N+](=O)[O-]. The van der Waals surface area contributed by atoms with Crippen molar-refractivity contribution in [1.29, 1.82) is 0 Å². The molecule has 2 rings (SSSR count). The van der Waals surface area contributed by atoms with Gasteiger partial charge >= 0.3 is 0 Å². The molecule has 0 spiro atoms. The summed E-state index contributed by atoms with van der Waals surface area (Å²) in [5.41, 5.74) is 3.27. The number of nitrogens with zero attached hydrogens (tertiary/aromatic N) is 1. The minimum absolute atomic E-state index is 0.0786. The third-order valence-electron chi connectivity index (χ3n) is 3.17. The summed E-state index contributed by atoms with van der Waals surface area (Å²) in [7, 11) is 0. The van der Waals surface area contributed by atoms with Crippen LogP contribution in [0.4, 0.5) is 15.8 Å². The van der Waals surface area contributed by atoms with E-state index in [0.717, 1.165) is 22.9 Å². The monoisotopic (exact) mass is 274 g/mol. The Hall–Kier alpha value is -2.43. The molecule has 20 heavy (non-hydrogen) atoms. The quantitative estimate of drug-likeness (QED) is 0.678. The normalized spacial score (nSPS) is 10.3. The van der Waals surface area contributed by atoms with Crippen molar-refractivity contribution in [2.24, 2.45) is 0 Å². The van der Waals surface area contributed by atoms with Crippen molar-refractivity contribution in [3.8, 4) is 0 Å². The van der Waals surface area contributed by atoms with E-state index < -0.39 is 10.7 Å². The summed E-state index contributed by atoms with van der Waals surface area (Å²) in [5, 5.41) is 14.1. The van der Waals surface area contributed by atoms with E-state index in [1.54, 1.807) is 0 Å². The van der Waals surface area contributed by atoms with Crippen molar-refractivity contribution in [2.45, 2.75) is 20.4 Å². The summed E-state index contributed by atoms with van der Waals surface area (Å²) >= 11 is 0. The molecule has 0 aliphatic heterocycles. The Morgan fingerprint density at radius 1 is 1.20 bits per heavy atom. The molecule has 0 heterocycles. The Morgan fingerprint density at radius 3 is 2.45 bits per heavy atom. The largest absolute Gasteiger partial charge is 0.380 e. The summed E-state index contributed by atoms with van der Waals surface area (Å²) in [6, 6.07) is 9.33. The number of halogens is 1. The van der Waals surface area contributed by atoms with E-state index in [1.807, 2.05) is 32.0 Å². The minimum Gasteiger partial charge on any atom is -0.380 e. The van der Waals surface area contributed by atoms with Gasteiger partial charge in [0.1, 0.15) is 5.82 Å². The lowest BCUT2D eigenvalue weighted by Crippen LogP contribution is -2.06. The van der Waals surface area contributed by atoms with E-state index in [0.29, 0.717) is 5.56 Å². The molecule has 4 nitrogen and oxygen atoms in total. The summed E-state index contributed by atoms with van der Waals surface area (Å²) in [6.45, 7) is 4.12. The highest BCUT2D eigenvalue weighted by molar-refractivity contribution is 5.57. The number of nitro groups is 1. The van der Waals surface area contributed by atoms with Gasteiger partial charge in [0.2, 0.25) is 0 Å². The number of nitro benzene ring substituents is 1. The number of benzene rings is 2. The van der Waals surface area contributed by atoms with Crippen molar-refractivity contribution in [3.05, 3.63) is 69.0 Å². The second-order valence-electron chi connectivity index (χ2n) is 4.65. The third kappa shape index (κ3) is 2.93. The van der Waals surface area contributed by atoms with Gasteiger partial charge in [0.15, 0.2) is 0 Å². The van der Waals surface area contributed by atoms with Crippen molar-refractivity contribution < 1.29 is 9.31 Å². The Kier molecular flexibility index (Phi) is 3.98. The Morgan fingerprint density at radius 2 is 1.85 bits per heavy atom. The zero-order valence-corrected chi connectivity index (χ0v) is 11.3. The van der Waals surface area contributed by atoms with Gasteiger partial charge < -0.3 is 5.32 Å². The molecule has 0 aliphatic rings. The van der Waals surface area contributed by atoms with Crippen LogP contribution in [0.5, 0.6) is 0 Å². The number of para-hydroxylation sites is 1. The van der Waals surface area contributed by atoms with Gasteiger partial charge in [0.05, 0.1) is 10.5 Å². The average molecular weight is 274 g/mol. The van der Waals surface area contributed by atoms with E-state index in [4.69, 9.17) is 0 Å². The highest BCUT2D eigenvalue weighted by Crippen LogP contribution is 2.24. The number of rotatable bonds is 4. The first-order valence-electron chi connectivity index (χ1n) is 6.22. The number of anilines is 1. The minimum atomic E-state index is -0.499. The summed E-state index contributed by atoms with van der Waals surface area (Å²) < 4.78 is 13.2. The lowest BCUT2D eigenvalue weighted by Gasteiger charge is -2.12. The Bertz CT molecular complexity index is 636. The number of hydrogen-bond acceptors (Lipinski definition) is 3. The van der Waals surface area contributed by atoms with Crippen LogP contribution in [-0.2, 0) is 6.54 Å². The molecule has 1 N–H and O–H groups in total. The maximum absolute atomic E-state index is 13.2. The Labute approximate surface area is 116 Å². The van der Waals surface area contributed by atoms with Crippen LogP contribution in [0.2, 0.25) is 0 Å². The van der Waals surface area contributed by atoms with E-state index in [-0.39, 0.29) is 12.2 Å². The smallest absolute Gasteiger partial charge is 0.274 e. The first-order chi connectivity index (χ1) is 9.49. The van der Waals surface area contributed by atoms with Crippen LogP contribution in [0.15, 0.2) is 36.4 Å². The first kappa shape index (κ1) is 14.0. The van der Waals surface area contributed by atoms with Gasteiger partial charge in [-0.05, 0) is 37.1 Å². The second kappa shape index (κ2) is 5.69. The average Bonchev–Trinajstić information content (AvgIpc) is 2.37.